The van der Waals surface area contributed by atoms with Crippen LogP contribution in [0.1, 0.15) is 43.2 Å². The Balaban J connectivity index is 1.44. The number of thioether (sulfide) groups is 1. The number of fused-ring (bicyclic) bond motifs is 1. The number of rotatable bonds is 6. The Hall–Kier alpha value is -2.90. The largest absolute Gasteiger partial charge is 0.497 e. The maximum Gasteiger partial charge on any atom is 0.235 e. The summed E-state index contributed by atoms with van der Waals surface area (Å²) in [5, 5.41) is 25.7. The van der Waals surface area contributed by atoms with E-state index in [-0.39, 0.29) is 17.1 Å². The van der Waals surface area contributed by atoms with E-state index in [1.807, 2.05) is 24.3 Å². The van der Waals surface area contributed by atoms with Crippen LogP contribution in [-0.4, -0.2) is 39.0 Å². The Kier molecular flexibility index (Phi) is 6.72. The molecule has 0 aliphatic heterocycles. The second-order valence-electron chi connectivity index (χ2n) is 9.04. The molecule has 1 atom stereocenters. The molecule has 2 heterocycles. The fourth-order valence-corrected chi connectivity index (χ4v) is 5.98. The van der Waals surface area contributed by atoms with Crippen LogP contribution in [0.2, 0.25) is 0 Å². The molecule has 1 aliphatic carbocycles. The average Bonchev–Trinajstić information content (AvgIpc) is 3.40. The van der Waals surface area contributed by atoms with Crippen molar-refractivity contribution in [1.82, 2.24) is 20.2 Å². The standard InChI is InChI=1S/C23H26N6O2S2/c1-23(2,3)14-8-9-17-18(12-24)21(33-19(17)10-14)25-20(30)13-32-22-26-27-28-29(22)15-6-5-7-16(11-15)31-4/h5-7,11,14H,8-10,13H2,1-4H3,(H,25,30). The molecule has 1 unspecified atom stereocenters. The van der Waals surface area contributed by atoms with Crippen LogP contribution in [0.15, 0.2) is 29.4 Å². The summed E-state index contributed by atoms with van der Waals surface area (Å²) in [7, 11) is 1.60. The highest BCUT2D eigenvalue weighted by Gasteiger charge is 2.32. The maximum absolute atomic E-state index is 12.7. The molecule has 0 fully saturated rings. The number of anilines is 1. The first kappa shape index (κ1) is 23.3. The normalized spacial score (nSPS) is 15.5. The molecule has 8 nitrogen and oxygen atoms in total. The Labute approximate surface area is 201 Å². The molecule has 1 aromatic carbocycles. The van der Waals surface area contributed by atoms with Crippen LogP contribution in [-0.2, 0) is 17.6 Å². The van der Waals surface area contributed by atoms with Crippen molar-refractivity contribution in [2.75, 3.05) is 18.2 Å². The molecule has 172 valence electrons. The lowest BCUT2D eigenvalue weighted by atomic mass is 9.72. The highest BCUT2D eigenvalue weighted by Crippen LogP contribution is 2.44. The maximum atomic E-state index is 12.7. The van der Waals surface area contributed by atoms with Crippen LogP contribution < -0.4 is 10.1 Å². The van der Waals surface area contributed by atoms with Crippen LogP contribution in [0.25, 0.3) is 5.69 Å². The Morgan fingerprint density at radius 1 is 1.42 bits per heavy atom. The summed E-state index contributed by atoms with van der Waals surface area (Å²) < 4.78 is 6.83. The zero-order chi connectivity index (χ0) is 23.6. The van der Waals surface area contributed by atoms with E-state index >= 15 is 0 Å². The topological polar surface area (TPSA) is 106 Å². The number of nitrogens with one attached hydrogen (secondary N) is 1. The number of nitriles is 1. The first-order valence-corrected chi connectivity index (χ1v) is 12.5. The van der Waals surface area contributed by atoms with Crippen molar-refractivity contribution in [1.29, 1.82) is 5.26 Å². The van der Waals surface area contributed by atoms with Crippen molar-refractivity contribution in [3.63, 3.8) is 0 Å². The van der Waals surface area contributed by atoms with Crippen LogP contribution in [0.4, 0.5) is 5.00 Å². The molecule has 4 rings (SSSR count). The summed E-state index contributed by atoms with van der Waals surface area (Å²) in [6.45, 7) is 6.79. The second-order valence-corrected chi connectivity index (χ2v) is 11.1. The molecule has 1 aliphatic rings. The third-order valence-corrected chi connectivity index (χ3v) is 8.02. The Morgan fingerprint density at radius 2 is 2.24 bits per heavy atom. The van der Waals surface area contributed by atoms with Gasteiger partial charge in [-0.3, -0.25) is 4.79 Å². The summed E-state index contributed by atoms with van der Waals surface area (Å²) in [4.78, 5) is 14.0. The fraction of sp³-hybridized carbons (Fsp3) is 0.435. The molecule has 10 heteroatoms. The van der Waals surface area contributed by atoms with Gasteiger partial charge in [-0.25, -0.2) is 0 Å². The van der Waals surface area contributed by atoms with Gasteiger partial charge in [-0.2, -0.15) is 9.94 Å². The molecule has 0 saturated heterocycles. The highest BCUT2D eigenvalue weighted by atomic mass is 32.2. The minimum Gasteiger partial charge on any atom is -0.497 e. The number of methoxy groups -OCH3 is 1. The predicted octanol–water partition coefficient (Wildman–Crippen LogP) is 4.49. The van der Waals surface area contributed by atoms with Gasteiger partial charge < -0.3 is 10.1 Å². The SMILES string of the molecule is COc1cccc(-n2nnnc2SCC(=O)Nc2sc3c(c2C#N)CCC(C(C)(C)C)C3)c1. The van der Waals surface area contributed by atoms with Crippen molar-refractivity contribution in [2.45, 2.75) is 45.2 Å². The van der Waals surface area contributed by atoms with E-state index in [0.29, 0.717) is 27.4 Å². The van der Waals surface area contributed by atoms with Gasteiger partial charge in [-0.1, -0.05) is 38.6 Å². The quantitative estimate of drug-likeness (QED) is 0.516. The zero-order valence-electron chi connectivity index (χ0n) is 19.1. The van der Waals surface area contributed by atoms with Crippen LogP contribution in [0.5, 0.6) is 5.75 Å². The van der Waals surface area contributed by atoms with Crippen molar-refractivity contribution in [3.05, 3.63) is 40.3 Å². The van der Waals surface area contributed by atoms with Gasteiger partial charge in [0.1, 0.15) is 16.8 Å². The molecular weight excluding hydrogens is 456 g/mol. The molecule has 1 N–H and O–H groups in total. The highest BCUT2D eigenvalue weighted by molar-refractivity contribution is 7.99. The number of benzene rings is 1. The number of carbonyl (C=O) groups excluding carboxylic acids is 1. The molecule has 0 saturated carbocycles. The number of tetrazole rings is 1. The van der Waals surface area contributed by atoms with Gasteiger partial charge in [0.25, 0.3) is 0 Å². The average molecular weight is 483 g/mol. The predicted molar refractivity (Wildman–Crippen MR) is 129 cm³/mol. The lowest BCUT2D eigenvalue weighted by Crippen LogP contribution is -2.26. The summed E-state index contributed by atoms with van der Waals surface area (Å²) in [5.41, 5.74) is 2.68. The number of thiophene rings is 1. The van der Waals surface area contributed by atoms with Crippen molar-refractivity contribution in [2.24, 2.45) is 11.3 Å². The van der Waals surface area contributed by atoms with Crippen LogP contribution >= 0.6 is 23.1 Å². The third kappa shape index (κ3) is 5.04. The van der Waals surface area contributed by atoms with E-state index in [1.54, 1.807) is 11.8 Å². The van der Waals surface area contributed by atoms with Crippen LogP contribution in [0.3, 0.4) is 0 Å². The van der Waals surface area contributed by atoms with Gasteiger partial charge >= 0.3 is 0 Å². The number of amides is 1. The molecule has 1 amide bonds. The van der Waals surface area contributed by atoms with E-state index in [9.17, 15) is 10.1 Å². The van der Waals surface area contributed by atoms with Gasteiger partial charge in [0.15, 0.2) is 0 Å². The second kappa shape index (κ2) is 9.53. The number of hydrogen-bond donors (Lipinski definition) is 1. The van der Waals surface area contributed by atoms with Crippen molar-refractivity contribution in [3.8, 4) is 17.5 Å². The molecule has 33 heavy (non-hydrogen) atoms. The lowest BCUT2D eigenvalue weighted by molar-refractivity contribution is -0.113. The fourth-order valence-electron chi connectivity index (χ4n) is 4.00. The molecule has 0 radical (unpaired) electrons. The van der Waals surface area contributed by atoms with Crippen LogP contribution in [0, 0.1) is 22.7 Å². The van der Waals surface area contributed by atoms with E-state index in [1.165, 1.54) is 28.0 Å². The summed E-state index contributed by atoms with van der Waals surface area (Å²) in [6.07, 6.45) is 2.91. The van der Waals surface area contributed by atoms with Gasteiger partial charge in [0.05, 0.1) is 24.1 Å². The summed E-state index contributed by atoms with van der Waals surface area (Å²) >= 11 is 2.78. The molecule has 0 spiro atoms. The molecular formula is C23H26N6O2S2. The number of aromatic nitrogens is 4. The van der Waals surface area contributed by atoms with Gasteiger partial charge in [0.2, 0.25) is 11.1 Å². The summed E-state index contributed by atoms with van der Waals surface area (Å²) in [6, 6.07) is 9.69. The molecule has 3 aromatic rings. The minimum absolute atomic E-state index is 0.127. The number of carbonyl (C=O) groups is 1. The van der Waals surface area contributed by atoms with E-state index in [4.69, 9.17) is 4.74 Å². The first-order chi connectivity index (χ1) is 15.8. The van der Waals surface area contributed by atoms with Crippen molar-refractivity contribution >= 4 is 34.0 Å². The van der Waals surface area contributed by atoms with Gasteiger partial charge in [-0.05, 0) is 58.7 Å². The smallest absolute Gasteiger partial charge is 0.235 e. The van der Waals surface area contributed by atoms with E-state index in [0.717, 1.165) is 30.5 Å². The Bertz CT molecular complexity index is 1200. The van der Waals surface area contributed by atoms with Crippen molar-refractivity contribution < 1.29 is 9.53 Å². The monoisotopic (exact) mass is 482 g/mol. The minimum atomic E-state index is -0.192. The summed E-state index contributed by atoms with van der Waals surface area (Å²) in [5.74, 6) is 1.20. The molecule has 2 aromatic heterocycles. The zero-order valence-corrected chi connectivity index (χ0v) is 20.7. The number of hydrogen-bond acceptors (Lipinski definition) is 8. The molecule has 0 bridgehead atoms. The van der Waals surface area contributed by atoms with E-state index in [2.05, 4.69) is 47.7 Å². The van der Waals surface area contributed by atoms with Gasteiger partial charge in [0, 0.05) is 10.9 Å². The number of nitrogens with zero attached hydrogens (tertiary/aromatic N) is 5. The number of ether oxygens (including phenoxy) is 1. The third-order valence-electron chi connectivity index (χ3n) is 5.93. The lowest BCUT2D eigenvalue weighted by Gasteiger charge is -2.33. The van der Waals surface area contributed by atoms with E-state index < -0.39 is 0 Å². The first-order valence-electron chi connectivity index (χ1n) is 10.7. The van der Waals surface area contributed by atoms with Gasteiger partial charge in [-0.15, -0.1) is 16.4 Å². The Morgan fingerprint density at radius 3 is 2.97 bits per heavy atom.